The monoisotopic (exact) mass is 297 g/mol. The number of amides is 1. The number of rotatable bonds is 6. The number of hydrogen-bond acceptors (Lipinski definition) is 4. The van der Waals surface area contributed by atoms with Gasteiger partial charge in [0.25, 0.3) is 0 Å². The van der Waals surface area contributed by atoms with Crippen molar-refractivity contribution < 1.29 is 14.3 Å². The molecule has 0 saturated carbocycles. The number of anilines is 1. The summed E-state index contributed by atoms with van der Waals surface area (Å²) in [6, 6.07) is 0. The lowest BCUT2D eigenvalue weighted by Gasteiger charge is -2.09. The third kappa shape index (κ3) is 4.07. The quantitative estimate of drug-likeness (QED) is 0.813. The third-order valence-electron chi connectivity index (χ3n) is 2.89. The smallest absolute Gasteiger partial charge is 0.341 e. The molecule has 1 rings (SSSR count). The summed E-state index contributed by atoms with van der Waals surface area (Å²) in [5.74, 6) is -0.129. The first kappa shape index (κ1) is 16.7. The van der Waals surface area contributed by atoms with Crippen LogP contribution in [0.3, 0.4) is 0 Å². The maximum absolute atomic E-state index is 12.1. The molecule has 0 fully saturated rings. The fraction of sp³-hybridized carbons (Fsp3) is 0.600. The minimum atomic E-state index is -0.353. The van der Waals surface area contributed by atoms with E-state index < -0.39 is 0 Å². The van der Waals surface area contributed by atoms with Crippen LogP contribution in [0.5, 0.6) is 0 Å². The van der Waals surface area contributed by atoms with Gasteiger partial charge in [-0.25, -0.2) is 4.79 Å². The van der Waals surface area contributed by atoms with Gasteiger partial charge in [0.15, 0.2) is 0 Å². The number of nitrogens with one attached hydrogen (secondary N) is 1. The molecule has 0 aromatic carbocycles. The van der Waals surface area contributed by atoms with Gasteiger partial charge in [-0.3, -0.25) is 4.79 Å². The second kappa shape index (κ2) is 7.43. The van der Waals surface area contributed by atoms with E-state index in [1.165, 1.54) is 11.3 Å². The van der Waals surface area contributed by atoms with Gasteiger partial charge in [0.1, 0.15) is 5.00 Å². The average Bonchev–Trinajstić information content (AvgIpc) is 2.63. The van der Waals surface area contributed by atoms with Gasteiger partial charge in [0.05, 0.1) is 12.2 Å². The van der Waals surface area contributed by atoms with Crippen LogP contribution in [0.1, 0.15) is 54.9 Å². The summed E-state index contributed by atoms with van der Waals surface area (Å²) >= 11 is 1.44. The molecule has 0 bridgehead atoms. The molecule has 0 saturated heterocycles. The molecule has 20 heavy (non-hydrogen) atoms. The summed E-state index contributed by atoms with van der Waals surface area (Å²) < 4.78 is 5.10. The molecule has 0 aliphatic carbocycles. The van der Waals surface area contributed by atoms with Crippen molar-refractivity contribution in [1.82, 2.24) is 0 Å². The van der Waals surface area contributed by atoms with Crippen LogP contribution in [0.4, 0.5) is 5.00 Å². The molecular formula is C15H23NO3S. The minimum absolute atomic E-state index is 0.0607. The highest BCUT2D eigenvalue weighted by atomic mass is 32.1. The Balaban J connectivity index is 3.06. The molecule has 4 nitrogen and oxygen atoms in total. The molecule has 1 amide bonds. The molecule has 1 N–H and O–H groups in total. The van der Waals surface area contributed by atoms with Crippen molar-refractivity contribution in [3.05, 3.63) is 16.0 Å². The van der Waals surface area contributed by atoms with Crippen molar-refractivity contribution in [1.29, 1.82) is 0 Å². The van der Waals surface area contributed by atoms with E-state index in [-0.39, 0.29) is 17.8 Å². The van der Waals surface area contributed by atoms with Crippen LogP contribution in [-0.2, 0) is 16.0 Å². The van der Waals surface area contributed by atoms with Crippen molar-refractivity contribution in [3.8, 4) is 0 Å². The van der Waals surface area contributed by atoms with E-state index in [1.54, 1.807) is 6.92 Å². The van der Waals surface area contributed by atoms with Gasteiger partial charge in [0, 0.05) is 11.3 Å². The Morgan fingerprint density at radius 2 is 1.95 bits per heavy atom. The average molecular weight is 297 g/mol. The van der Waals surface area contributed by atoms with Crippen LogP contribution in [0.2, 0.25) is 0 Å². The van der Waals surface area contributed by atoms with E-state index in [0.29, 0.717) is 23.6 Å². The van der Waals surface area contributed by atoms with Gasteiger partial charge in [-0.2, -0.15) is 0 Å². The van der Waals surface area contributed by atoms with Crippen molar-refractivity contribution in [2.45, 2.75) is 47.5 Å². The second-order valence-electron chi connectivity index (χ2n) is 5.06. The third-order valence-corrected chi connectivity index (χ3v) is 3.95. The second-order valence-corrected chi connectivity index (χ2v) is 6.29. The van der Waals surface area contributed by atoms with E-state index in [4.69, 9.17) is 4.74 Å². The fourth-order valence-corrected chi connectivity index (χ4v) is 3.21. The van der Waals surface area contributed by atoms with Crippen LogP contribution in [-0.4, -0.2) is 18.5 Å². The summed E-state index contributed by atoms with van der Waals surface area (Å²) in [7, 11) is 0. The zero-order valence-electron chi connectivity index (χ0n) is 12.8. The Morgan fingerprint density at radius 1 is 1.30 bits per heavy atom. The van der Waals surface area contributed by atoms with Crippen LogP contribution in [0.15, 0.2) is 0 Å². The first-order valence-electron chi connectivity index (χ1n) is 6.99. The Hall–Kier alpha value is -1.36. The van der Waals surface area contributed by atoms with Gasteiger partial charge < -0.3 is 10.1 Å². The number of thiophene rings is 1. The lowest BCUT2D eigenvalue weighted by Crippen LogP contribution is -2.16. The molecule has 0 radical (unpaired) electrons. The highest BCUT2D eigenvalue weighted by molar-refractivity contribution is 7.16. The lowest BCUT2D eigenvalue weighted by molar-refractivity contribution is -0.116. The van der Waals surface area contributed by atoms with Gasteiger partial charge in [-0.05, 0) is 31.7 Å². The first-order valence-corrected chi connectivity index (χ1v) is 7.81. The predicted molar refractivity (Wildman–Crippen MR) is 82.5 cm³/mol. The molecule has 112 valence electrons. The molecule has 1 heterocycles. The first-order chi connectivity index (χ1) is 9.40. The predicted octanol–water partition coefficient (Wildman–Crippen LogP) is 3.78. The Kier molecular flexibility index (Phi) is 6.20. The van der Waals surface area contributed by atoms with Crippen LogP contribution in [0.25, 0.3) is 0 Å². The number of aryl methyl sites for hydroxylation is 1. The van der Waals surface area contributed by atoms with Gasteiger partial charge in [0.2, 0.25) is 5.91 Å². The summed E-state index contributed by atoms with van der Waals surface area (Å²) in [5, 5.41) is 3.47. The normalized spacial score (nSPS) is 10.7. The Bertz CT molecular complexity index is 492. The van der Waals surface area contributed by atoms with Crippen LogP contribution >= 0.6 is 11.3 Å². The number of hydrogen-bond donors (Lipinski definition) is 1. The van der Waals surface area contributed by atoms with Gasteiger partial charge in [-0.15, -0.1) is 11.3 Å². The maximum atomic E-state index is 12.1. The molecule has 0 spiro atoms. The van der Waals surface area contributed by atoms with E-state index in [2.05, 4.69) is 5.32 Å². The molecule has 1 aromatic heterocycles. The van der Waals surface area contributed by atoms with E-state index in [9.17, 15) is 9.59 Å². The topological polar surface area (TPSA) is 55.4 Å². The standard InChI is InChI=1S/C15H23NO3S/c1-6-11-10(5)20-14(13(11)15(18)19-7-2)16-12(17)8-9(3)4/h9H,6-8H2,1-5H3,(H,16,17). The molecule has 0 unspecified atom stereocenters. The van der Waals surface area contributed by atoms with E-state index in [1.807, 2.05) is 27.7 Å². The van der Waals surface area contributed by atoms with Gasteiger partial charge in [-0.1, -0.05) is 20.8 Å². The molecule has 0 aliphatic heterocycles. The zero-order chi connectivity index (χ0) is 15.3. The number of carbonyl (C=O) groups is 2. The van der Waals surface area contributed by atoms with E-state index in [0.717, 1.165) is 16.9 Å². The number of carbonyl (C=O) groups excluding carboxylic acids is 2. The highest BCUT2D eigenvalue weighted by Gasteiger charge is 2.23. The lowest BCUT2D eigenvalue weighted by atomic mass is 10.1. The molecule has 5 heteroatoms. The summed E-state index contributed by atoms with van der Waals surface area (Å²) in [4.78, 5) is 25.1. The zero-order valence-corrected chi connectivity index (χ0v) is 13.6. The van der Waals surface area contributed by atoms with Crippen LogP contribution < -0.4 is 5.32 Å². The molecule has 0 aliphatic rings. The van der Waals surface area contributed by atoms with Gasteiger partial charge >= 0.3 is 5.97 Å². The van der Waals surface area contributed by atoms with Crippen molar-refractivity contribution >= 4 is 28.2 Å². The number of esters is 1. The Labute approximate surface area is 124 Å². The highest BCUT2D eigenvalue weighted by Crippen LogP contribution is 2.34. The molecule has 1 aromatic rings. The van der Waals surface area contributed by atoms with Crippen molar-refractivity contribution in [2.75, 3.05) is 11.9 Å². The Morgan fingerprint density at radius 3 is 2.45 bits per heavy atom. The summed E-state index contributed by atoms with van der Waals surface area (Å²) in [5.41, 5.74) is 1.49. The van der Waals surface area contributed by atoms with Crippen molar-refractivity contribution in [3.63, 3.8) is 0 Å². The van der Waals surface area contributed by atoms with Crippen molar-refractivity contribution in [2.24, 2.45) is 5.92 Å². The largest absolute Gasteiger partial charge is 0.462 e. The summed E-state index contributed by atoms with van der Waals surface area (Å²) in [6.07, 6.45) is 1.19. The molecular weight excluding hydrogens is 274 g/mol. The number of ether oxygens (including phenoxy) is 1. The van der Waals surface area contributed by atoms with Crippen LogP contribution in [0, 0.1) is 12.8 Å². The molecule has 0 atom stereocenters. The fourth-order valence-electron chi connectivity index (χ4n) is 2.06. The minimum Gasteiger partial charge on any atom is -0.462 e. The summed E-state index contributed by atoms with van der Waals surface area (Å²) in [6.45, 7) is 10.0. The SMILES string of the molecule is CCOC(=O)c1c(NC(=O)CC(C)C)sc(C)c1CC. The maximum Gasteiger partial charge on any atom is 0.341 e. The van der Waals surface area contributed by atoms with E-state index >= 15 is 0 Å².